The summed E-state index contributed by atoms with van der Waals surface area (Å²) in [5.74, 6) is -0.0546. The molecule has 1 unspecified atom stereocenters. The summed E-state index contributed by atoms with van der Waals surface area (Å²) in [6, 6.07) is 32.7. The van der Waals surface area contributed by atoms with Gasteiger partial charge in [-0.05, 0) is 63.9 Å². The molecule has 0 aliphatic rings. The predicted octanol–water partition coefficient (Wildman–Crippen LogP) is 6.19. The molecule has 1 atom stereocenters. The highest BCUT2D eigenvalue weighted by Crippen LogP contribution is 2.36. The van der Waals surface area contributed by atoms with Crippen LogP contribution >= 0.6 is 0 Å². The standard InChI is InChI=1S/C31H26N4O2S/c1-20(34-31(32)33)29-19-35(38(36,37)25-15-13-21-7-2-3-9-23(21)17-25)30-16-14-24(18-28(29)30)27-12-6-10-22-8-4-5-11-26(22)27/h2-20H,1H3,(H4,32,33,34). The molecule has 0 amide bonds. The predicted molar refractivity (Wildman–Crippen MR) is 156 cm³/mol. The number of guanidine groups is 1. The van der Waals surface area contributed by atoms with Crippen LogP contribution < -0.4 is 11.5 Å². The maximum absolute atomic E-state index is 14.0. The first kappa shape index (κ1) is 23.8. The Morgan fingerprint density at radius 2 is 1.47 bits per heavy atom. The summed E-state index contributed by atoms with van der Waals surface area (Å²) in [5.41, 5.74) is 14.7. The molecule has 188 valence electrons. The van der Waals surface area contributed by atoms with E-state index in [1.54, 1.807) is 18.3 Å². The summed E-state index contributed by atoms with van der Waals surface area (Å²) in [6.45, 7) is 1.85. The van der Waals surface area contributed by atoms with Crippen LogP contribution in [0.4, 0.5) is 0 Å². The Kier molecular flexibility index (Phi) is 5.65. The Labute approximate surface area is 220 Å². The summed E-state index contributed by atoms with van der Waals surface area (Å²) in [5, 5.41) is 4.87. The first-order valence-electron chi connectivity index (χ1n) is 12.3. The second-order valence-electron chi connectivity index (χ2n) is 9.38. The van der Waals surface area contributed by atoms with E-state index in [0.29, 0.717) is 5.52 Å². The molecule has 6 nitrogen and oxygen atoms in total. The molecule has 0 radical (unpaired) electrons. The van der Waals surface area contributed by atoms with Crippen molar-refractivity contribution in [2.24, 2.45) is 16.5 Å². The molecule has 0 aliphatic heterocycles. The fourth-order valence-electron chi connectivity index (χ4n) is 5.14. The van der Waals surface area contributed by atoms with E-state index in [1.807, 2.05) is 73.7 Å². The van der Waals surface area contributed by atoms with Gasteiger partial charge in [-0.2, -0.15) is 0 Å². The van der Waals surface area contributed by atoms with Crippen molar-refractivity contribution in [3.8, 4) is 11.1 Å². The van der Waals surface area contributed by atoms with E-state index in [0.717, 1.165) is 43.6 Å². The van der Waals surface area contributed by atoms with Crippen molar-refractivity contribution in [1.29, 1.82) is 0 Å². The second kappa shape index (κ2) is 9.04. The Bertz CT molecular complexity index is 1980. The van der Waals surface area contributed by atoms with Crippen LogP contribution in [0.15, 0.2) is 119 Å². The number of aromatic nitrogens is 1. The van der Waals surface area contributed by atoms with Gasteiger partial charge in [0.1, 0.15) is 0 Å². The van der Waals surface area contributed by atoms with Crippen LogP contribution in [-0.2, 0) is 10.0 Å². The monoisotopic (exact) mass is 518 g/mol. The van der Waals surface area contributed by atoms with Crippen LogP contribution in [0.1, 0.15) is 18.5 Å². The van der Waals surface area contributed by atoms with Gasteiger partial charge in [-0.1, -0.05) is 78.9 Å². The molecule has 0 bridgehead atoms. The quantitative estimate of drug-likeness (QED) is 0.210. The molecular weight excluding hydrogens is 492 g/mol. The minimum Gasteiger partial charge on any atom is -0.370 e. The molecule has 0 saturated heterocycles. The number of rotatable bonds is 5. The van der Waals surface area contributed by atoms with Crippen molar-refractivity contribution in [2.75, 3.05) is 0 Å². The largest absolute Gasteiger partial charge is 0.370 e. The Hall–Kier alpha value is -4.62. The highest BCUT2D eigenvalue weighted by Gasteiger charge is 2.24. The molecule has 1 heterocycles. The maximum atomic E-state index is 14.0. The van der Waals surface area contributed by atoms with E-state index in [9.17, 15) is 8.42 Å². The first-order valence-corrected chi connectivity index (χ1v) is 13.7. The molecule has 38 heavy (non-hydrogen) atoms. The number of hydrogen-bond donors (Lipinski definition) is 2. The zero-order valence-corrected chi connectivity index (χ0v) is 21.6. The van der Waals surface area contributed by atoms with E-state index in [1.165, 1.54) is 3.97 Å². The highest BCUT2D eigenvalue weighted by molar-refractivity contribution is 7.90. The summed E-state index contributed by atoms with van der Waals surface area (Å²) in [7, 11) is -3.90. The topological polar surface area (TPSA) is 103 Å². The van der Waals surface area contributed by atoms with Crippen molar-refractivity contribution < 1.29 is 8.42 Å². The number of benzene rings is 5. The number of hydrogen-bond acceptors (Lipinski definition) is 3. The van der Waals surface area contributed by atoms with Crippen molar-refractivity contribution in [1.82, 2.24) is 3.97 Å². The van der Waals surface area contributed by atoms with E-state index in [-0.39, 0.29) is 10.9 Å². The molecule has 0 fully saturated rings. The lowest BCUT2D eigenvalue weighted by Crippen LogP contribution is -2.23. The third kappa shape index (κ3) is 3.97. The minimum absolute atomic E-state index is 0.0546. The zero-order chi connectivity index (χ0) is 26.4. The van der Waals surface area contributed by atoms with Crippen molar-refractivity contribution in [3.05, 3.63) is 115 Å². The second-order valence-corrected chi connectivity index (χ2v) is 11.2. The lowest BCUT2D eigenvalue weighted by Gasteiger charge is -2.10. The van der Waals surface area contributed by atoms with Gasteiger partial charge in [-0.3, -0.25) is 0 Å². The molecule has 1 aromatic heterocycles. The summed E-state index contributed by atoms with van der Waals surface area (Å²) < 4.78 is 29.3. The van der Waals surface area contributed by atoms with Gasteiger partial charge >= 0.3 is 0 Å². The van der Waals surface area contributed by atoms with Gasteiger partial charge in [0.05, 0.1) is 16.5 Å². The highest BCUT2D eigenvalue weighted by atomic mass is 32.2. The molecule has 0 aliphatic carbocycles. The van der Waals surface area contributed by atoms with Gasteiger partial charge in [0, 0.05) is 17.1 Å². The minimum atomic E-state index is -3.90. The normalized spacial score (nSPS) is 12.7. The van der Waals surface area contributed by atoms with E-state index in [4.69, 9.17) is 11.5 Å². The summed E-state index contributed by atoms with van der Waals surface area (Å²) in [4.78, 5) is 4.54. The molecule has 5 aromatic carbocycles. The molecule has 7 heteroatoms. The van der Waals surface area contributed by atoms with Crippen LogP contribution in [0, 0.1) is 0 Å². The SMILES string of the molecule is CC(N=C(N)N)c1cn(S(=O)(=O)c2ccc3ccccc3c2)c2ccc(-c3cccc4ccccc34)cc12. The van der Waals surface area contributed by atoms with E-state index in [2.05, 4.69) is 29.3 Å². The Balaban J connectivity index is 1.58. The average molecular weight is 519 g/mol. The molecule has 0 saturated carbocycles. The van der Waals surface area contributed by atoms with Crippen molar-refractivity contribution in [3.63, 3.8) is 0 Å². The average Bonchev–Trinajstić information content (AvgIpc) is 3.32. The molecule has 6 aromatic rings. The van der Waals surface area contributed by atoms with Crippen LogP contribution in [0.2, 0.25) is 0 Å². The number of nitrogens with zero attached hydrogens (tertiary/aromatic N) is 2. The summed E-state index contributed by atoms with van der Waals surface area (Å²) in [6.07, 6.45) is 1.64. The van der Waals surface area contributed by atoms with Crippen LogP contribution in [0.25, 0.3) is 43.6 Å². The number of nitrogens with two attached hydrogens (primary N) is 2. The van der Waals surface area contributed by atoms with Gasteiger partial charge in [0.2, 0.25) is 0 Å². The Morgan fingerprint density at radius 1 is 0.763 bits per heavy atom. The lowest BCUT2D eigenvalue weighted by atomic mass is 9.96. The third-order valence-electron chi connectivity index (χ3n) is 6.97. The molecule has 0 spiro atoms. The van der Waals surface area contributed by atoms with Crippen molar-refractivity contribution in [2.45, 2.75) is 17.9 Å². The molecule has 4 N–H and O–H groups in total. The van der Waals surface area contributed by atoms with Gasteiger partial charge < -0.3 is 11.5 Å². The van der Waals surface area contributed by atoms with E-state index >= 15 is 0 Å². The fraction of sp³-hybridized carbons (Fsp3) is 0.0645. The fourth-order valence-corrected chi connectivity index (χ4v) is 6.55. The van der Waals surface area contributed by atoms with Gasteiger partial charge in [-0.15, -0.1) is 0 Å². The number of fused-ring (bicyclic) bond motifs is 3. The zero-order valence-electron chi connectivity index (χ0n) is 20.7. The maximum Gasteiger partial charge on any atom is 0.268 e. The Morgan fingerprint density at radius 3 is 2.26 bits per heavy atom. The van der Waals surface area contributed by atoms with Gasteiger partial charge in [0.15, 0.2) is 5.96 Å². The number of aliphatic imine (C=N–C) groups is 1. The van der Waals surface area contributed by atoms with Gasteiger partial charge in [0.25, 0.3) is 10.0 Å². The lowest BCUT2D eigenvalue weighted by molar-refractivity contribution is 0.589. The van der Waals surface area contributed by atoms with Gasteiger partial charge in [-0.25, -0.2) is 17.4 Å². The molecular formula is C31H26N4O2S. The van der Waals surface area contributed by atoms with E-state index < -0.39 is 16.1 Å². The smallest absolute Gasteiger partial charge is 0.268 e. The third-order valence-corrected chi connectivity index (χ3v) is 8.64. The van der Waals surface area contributed by atoms with Crippen LogP contribution in [-0.4, -0.2) is 18.3 Å². The first-order chi connectivity index (χ1) is 18.3. The van der Waals surface area contributed by atoms with Crippen molar-refractivity contribution >= 4 is 48.4 Å². The van der Waals surface area contributed by atoms with Crippen LogP contribution in [0.3, 0.4) is 0 Å². The van der Waals surface area contributed by atoms with Crippen LogP contribution in [0.5, 0.6) is 0 Å². The molecule has 6 rings (SSSR count). The summed E-state index contributed by atoms with van der Waals surface area (Å²) >= 11 is 0.